The van der Waals surface area contributed by atoms with Crippen molar-refractivity contribution in [1.82, 2.24) is 14.9 Å². The molecule has 1 aliphatic heterocycles. The SMILES string of the molecule is COc1cccc(Nc2c(C(=O)N3CCCCCC3)cnc3nc(C)ccc23)c1. The summed E-state index contributed by atoms with van der Waals surface area (Å²) in [5.41, 5.74) is 3.69. The van der Waals surface area contributed by atoms with E-state index in [1.54, 1.807) is 13.3 Å². The van der Waals surface area contributed by atoms with E-state index in [0.29, 0.717) is 11.2 Å². The minimum Gasteiger partial charge on any atom is -0.497 e. The lowest BCUT2D eigenvalue weighted by molar-refractivity contribution is 0.0762. The van der Waals surface area contributed by atoms with Crippen LogP contribution in [0.3, 0.4) is 0 Å². The third-order valence-corrected chi connectivity index (χ3v) is 5.33. The smallest absolute Gasteiger partial charge is 0.257 e. The predicted molar refractivity (Wildman–Crippen MR) is 115 cm³/mol. The lowest BCUT2D eigenvalue weighted by Crippen LogP contribution is -2.32. The van der Waals surface area contributed by atoms with Gasteiger partial charge in [-0.25, -0.2) is 9.97 Å². The summed E-state index contributed by atoms with van der Waals surface area (Å²) in [5, 5.41) is 4.27. The van der Waals surface area contributed by atoms with Gasteiger partial charge in [-0.15, -0.1) is 0 Å². The van der Waals surface area contributed by atoms with E-state index >= 15 is 0 Å². The molecule has 29 heavy (non-hydrogen) atoms. The second kappa shape index (κ2) is 8.47. The van der Waals surface area contributed by atoms with Gasteiger partial charge in [-0.1, -0.05) is 18.9 Å². The zero-order valence-electron chi connectivity index (χ0n) is 16.9. The first kappa shape index (κ1) is 19.2. The zero-order valence-corrected chi connectivity index (χ0v) is 16.9. The van der Waals surface area contributed by atoms with Gasteiger partial charge in [-0.3, -0.25) is 4.79 Å². The van der Waals surface area contributed by atoms with Crippen LogP contribution in [0.5, 0.6) is 5.75 Å². The van der Waals surface area contributed by atoms with E-state index in [1.807, 2.05) is 48.2 Å². The lowest BCUT2D eigenvalue weighted by Gasteiger charge is -2.22. The molecule has 0 aliphatic carbocycles. The van der Waals surface area contributed by atoms with Crippen molar-refractivity contribution in [3.63, 3.8) is 0 Å². The Labute approximate surface area is 170 Å². The average Bonchev–Trinajstić information content (AvgIpc) is 3.03. The Hall–Kier alpha value is -3.15. The van der Waals surface area contributed by atoms with E-state index in [0.717, 1.165) is 54.1 Å². The summed E-state index contributed by atoms with van der Waals surface area (Å²) in [5.74, 6) is 0.773. The molecule has 0 bridgehead atoms. The van der Waals surface area contributed by atoms with Gasteiger partial charge in [-0.2, -0.15) is 0 Å². The molecular formula is C23H26N4O2. The van der Waals surface area contributed by atoms with Crippen molar-refractivity contribution in [2.75, 3.05) is 25.5 Å². The molecule has 0 spiro atoms. The first-order chi connectivity index (χ1) is 14.2. The maximum absolute atomic E-state index is 13.4. The number of carbonyl (C=O) groups is 1. The van der Waals surface area contributed by atoms with Gasteiger partial charge in [0, 0.05) is 42.1 Å². The third kappa shape index (κ3) is 4.16. The van der Waals surface area contributed by atoms with Crippen molar-refractivity contribution in [3.05, 3.63) is 53.9 Å². The normalized spacial score (nSPS) is 14.5. The number of likely N-dealkylation sites (tertiary alicyclic amines) is 1. The van der Waals surface area contributed by atoms with Crippen LogP contribution in [0.25, 0.3) is 11.0 Å². The monoisotopic (exact) mass is 390 g/mol. The molecule has 0 radical (unpaired) electrons. The summed E-state index contributed by atoms with van der Waals surface area (Å²) in [6.45, 7) is 3.52. The van der Waals surface area contributed by atoms with Crippen LogP contribution in [-0.4, -0.2) is 41.0 Å². The number of fused-ring (bicyclic) bond motifs is 1. The van der Waals surface area contributed by atoms with Crippen LogP contribution < -0.4 is 10.1 Å². The van der Waals surface area contributed by atoms with Gasteiger partial charge in [0.05, 0.1) is 18.4 Å². The minimum absolute atomic E-state index is 0.0206. The molecule has 1 amide bonds. The molecule has 3 aromatic rings. The molecule has 2 aromatic heterocycles. The van der Waals surface area contributed by atoms with Gasteiger partial charge in [0.2, 0.25) is 0 Å². The van der Waals surface area contributed by atoms with Crippen LogP contribution in [0.2, 0.25) is 0 Å². The number of methoxy groups -OCH3 is 1. The highest BCUT2D eigenvalue weighted by atomic mass is 16.5. The Morgan fingerprint density at radius 3 is 2.66 bits per heavy atom. The minimum atomic E-state index is 0.0206. The van der Waals surface area contributed by atoms with Crippen molar-refractivity contribution >= 4 is 28.3 Å². The van der Waals surface area contributed by atoms with Crippen LogP contribution in [0.4, 0.5) is 11.4 Å². The number of hydrogen-bond acceptors (Lipinski definition) is 5. The van der Waals surface area contributed by atoms with Gasteiger partial charge < -0.3 is 15.0 Å². The fourth-order valence-electron chi connectivity index (χ4n) is 3.76. The molecule has 6 nitrogen and oxygen atoms in total. The molecule has 1 N–H and O–H groups in total. The third-order valence-electron chi connectivity index (χ3n) is 5.33. The van der Waals surface area contributed by atoms with Crippen molar-refractivity contribution in [3.8, 4) is 5.75 Å². The van der Waals surface area contributed by atoms with Crippen molar-refractivity contribution in [2.24, 2.45) is 0 Å². The molecule has 3 heterocycles. The molecular weight excluding hydrogens is 364 g/mol. The number of ether oxygens (including phenoxy) is 1. The van der Waals surface area contributed by atoms with Crippen LogP contribution in [0.15, 0.2) is 42.6 Å². The summed E-state index contributed by atoms with van der Waals surface area (Å²) < 4.78 is 5.34. The number of nitrogens with zero attached hydrogens (tertiary/aromatic N) is 3. The summed E-state index contributed by atoms with van der Waals surface area (Å²) in [6, 6.07) is 11.6. The summed E-state index contributed by atoms with van der Waals surface area (Å²) >= 11 is 0. The van der Waals surface area contributed by atoms with Crippen LogP contribution in [-0.2, 0) is 0 Å². The number of hydrogen-bond donors (Lipinski definition) is 1. The number of pyridine rings is 2. The first-order valence-electron chi connectivity index (χ1n) is 10.1. The Kier molecular flexibility index (Phi) is 5.60. The average molecular weight is 390 g/mol. The zero-order chi connectivity index (χ0) is 20.2. The quantitative estimate of drug-likeness (QED) is 0.699. The standard InChI is InChI=1S/C23H26N4O2/c1-16-10-11-19-21(26-17-8-7-9-18(14-17)29-2)20(15-24-22(19)25-16)23(28)27-12-5-3-4-6-13-27/h7-11,14-15H,3-6,12-13H2,1-2H3,(H,24,25,26). The second-order valence-electron chi connectivity index (χ2n) is 7.43. The Bertz CT molecular complexity index is 1030. The maximum atomic E-state index is 13.4. The highest BCUT2D eigenvalue weighted by Crippen LogP contribution is 2.31. The molecule has 4 rings (SSSR count). The number of amides is 1. The molecule has 0 unspecified atom stereocenters. The van der Waals surface area contributed by atoms with E-state index < -0.39 is 0 Å². The van der Waals surface area contributed by atoms with E-state index in [1.165, 1.54) is 12.8 Å². The lowest BCUT2D eigenvalue weighted by atomic mass is 10.1. The highest BCUT2D eigenvalue weighted by molar-refractivity contribution is 6.07. The Morgan fingerprint density at radius 1 is 1.10 bits per heavy atom. The van der Waals surface area contributed by atoms with Gasteiger partial charge in [0.25, 0.3) is 5.91 Å². The maximum Gasteiger partial charge on any atom is 0.257 e. The van der Waals surface area contributed by atoms with Crippen LogP contribution in [0, 0.1) is 6.92 Å². The first-order valence-corrected chi connectivity index (χ1v) is 10.1. The molecule has 1 fully saturated rings. The largest absolute Gasteiger partial charge is 0.497 e. The van der Waals surface area contributed by atoms with Crippen LogP contribution >= 0.6 is 0 Å². The Morgan fingerprint density at radius 2 is 1.90 bits per heavy atom. The molecule has 0 saturated carbocycles. The molecule has 1 aliphatic rings. The van der Waals surface area contributed by atoms with E-state index in [2.05, 4.69) is 15.3 Å². The van der Waals surface area contributed by atoms with E-state index in [9.17, 15) is 4.79 Å². The number of rotatable bonds is 4. The second-order valence-corrected chi connectivity index (χ2v) is 7.43. The molecule has 150 valence electrons. The number of benzene rings is 1. The number of aromatic nitrogens is 2. The number of anilines is 2. The molecule has 1 aromatic carbocycles. The highest BCUT2D eigenvalue weighted by Gasteiger charge is 2.22. The van der Waals surface area contributed by atoms with Crippen molar-refractivity contribution < 1.29 is 9.53 Å². The predicted octanol–water partition coefficient (Wildman–Crippen LogP) is 4.71. The number of nitrogens with one attached hydrogen (secondary N) is 1. The van der Waals surface area contributed by atoms with Crippen molar-refractivity contribution in [2.45, 2.75) is 32.6 Å². The number of aryl methyl sites for hydroxylation is 1. The van der Waals surface area contributed by atoms with Crippen molar-refractivity contribution in [1.29, 1.82) is 0 Å². The van der Waals surface area contributed by atoms with Gasteiger partial charge in [0.1, 0.15) is 5.75 Å². The molecule has 0 atom stereocenters. The summed E-state index contributed by atoms with van der Waals surface area (Å²) in [4.78, 5) is 24.4. The van der Waals surface area contributed by atoms with E-state index in [-0.39, 0.29) is 5.91 Å². The van der Waals surface area contributed by atoms with Gasteiger partial charge >= 0.3 is 0 Å². The number of carbonyl (C=O) groups excluding carboxylic acids is 1. The fourth-order valence-corrected chi connectivity index (χ4v) is 3.76. The molecule has 6 heteroatoms. The van der Waals surface area contributed by atoms with Crippen LogP contribution in [0.1, 0.15) is 41.7 Å². The topological polar surface area (TPSA) is 67.3 Å². The molecule has 1 saturated heterocycles. The fraction of sp³-hybridized carbons (Fsp3) is 0.348. The Balaban J connectivity index is 1.79. The van der Waals surface area contributed by atoms with Gasteiger partial charge in [-0.05, 0) is 44.0 Å². The van der Waals surface area contributed by atoms with E-state index in [4.69, 9.17) is 4.74 Å². The summed E-state index contributed by atoms with van der Waals surface area (Å²) in [7, 11) is 1.64. The summed E-state index contributed by atoms with van der Waals surface area (Å²) in [6.07, 6.45) is 6.11. The van der Waals surface area contributed by atoms with Gasteiger partial charge in [0.15, 0.2) is 5.65 Å².